The van der Waals surface area contributed by atoms with Crippen molar-refractivity contribution in [1.29, 1.82) is 0 Å². The van der Waals surface area contributed by atoms with Gasteiger partial charge in [-0.25, -0.2) is 13.2 Å². The largest absolute Gasteiger partial charge is 0.462 e. The van der Waals surface area contributed by atoms with E-state index < -0.39 is 16.0 Å². The number of carbonyl (C=O) groups excluding carboxylic acids is 2. The predicted molar refractivity (Wildman–Crippen MR) is 110 cm³/mol. The number of amides is 1. The van der Waals surface area contributed by atoms with Gasteiger partial charge in [0.1, 0.15) is 0 Å². The minimum absolute atomic E-state index is 0.286. The molecule has 0 saturated heterocycles. The molecule has 1 amide bonds. The lowest BCUT2D eigenvalue weighted by atomic mass is 10.0. The zero-order chi connectivity index (χ0) is 21.1. The van der Waals surface area contributed by atoms with Gasteiger partial charge < -0.3 is 10.1 Å². The number of hydrogen-bond acceptors (Lipinski definition) is 5. The summed E-state index contributed by atoms with van der Waals surface area (Å²) in [6, 6.07) is 9.78. The first kappa shape index (κ1) is 21.4. The lowest BCUT2D eigenvalue weighted by molar-refractivity contribution is 0.0526. The van der Waals surface area contributed by atoms with Crippen LogP contribution >= 0.6 is 0 Å². The zero-order valence-corrected chi connectivity index (χ0v) is 17.4. The molecule has 2 aromatic carbocycles. The number of hydrogen-bond donors (Lipinski definition) is 1. The van der Waals surface area contributed by atoms with E-state index in [1.165, 1.54) is 7.05 Å². The van der Waals surface area contributed by atoms with Crippen LogP contribution in [0, 0.1) is 13.8 Å². The van der Waals surface area contributed by atoms with E-state index in [9.17, 15) is 18.0 Å². The lowest BCUT2D eigenvalue weighted by Crippen LogP contribution is -2.26. The van der Waals surface area contributed by atoms with Gasteiger partial charge in [0.05, 0.1) is 24.1 Å². The van der Waals surface area contributed by atoms with E-state index in [2.05, 4.69) is 5.32 Å². The molecule has 0 aliphatic heterocycles. The van der Waals surface area contributed by atoms with Crippen molar-refractivity contribution >= 4 is 33.3 Å². The lowest BCUT2D eigenvalue weighted by Gasteiger charge is -2.20. The minimum Gasteiger partial charge on any atom is -0.462 e. The van der Waals surface area contributed by atoms with Crippen LogP contribution in [0.25, 0.3) is 0 Å². The van der Waals surface area contributed by atoms with Gasteiger partial charge in [0.2, 0.25) is 10.0 Å². The van der Waals surface area contributed by atoms with Crippen molar-refractivity contribution in [2.24, 2.45) is 0 Å². The molecule has 0 bridgehead atoms. The molecule has 1 N–H and O–H groups in total. The molecular weight excluding hydrogens is 380 g/mol. The maximum Gasteiger partial charge on any atom is 0.338 e. The number of carbonyl (C=O) groups is 2. The van der Waals surface area contributed by atoms with Gasteiger partial charge in [-0.15, -0.1) is 0 Å². The van der Waals surface area contributed by atoms with Gasteiger partial charge in [-0.2, -0.15) is 0 Å². The van der Waals surface area contributed by atoms with E-state index in [1.807, 2.05) is 0 Å². The third kappa shape index (κ3) is 4.69. The van der Waals surface area contributed by atoms with Gasteiger partial charge in [-0.1, -0.05) is 6.07 Å². The van der Waals surface area contributed by atoms with Crippen LogP contribution in [-0.4, -0.2) is 40.2 Å². The third-order valence-corrected chi connectivity index (χ3v) is 5.56. The Morgan fingerprint density at radius 2 is 1.82 bits per heavy atom. The molecule has 0 heterocycles. The second-order valence-corrected chi connectivity index (χ2v) is 8.40. The number of aryl methyl sites for hydroxylation is 1. The summed E-state index contributed by atoms with van der Waals surface area (Å²) in [5.41, 5.74) is 3.02. The smallest absolute Gasteiger partial charge is 0.338 e. The maximum atomic E-state index is 12.8. The van der Waals surface area contributed by atoms with Crippen LogP contribution < -0.4 is 9.62 Å². The Hall–Kier alpha value is -2.87. The molecule has 2 rings (SSSR count). The molecule has 0 saturated carbocycles. The molecule has 0 unspecified atom stereocenters. The molecule has 7 nitrogen and oxygen atoms in total. The van der Waals surface area contributed by atoms with E-state index in [4.69, 9.17) is 4.74 Å². The van der Waals surface area contributed by atoms with E-state index in [-0.39, 0.29) is 12.5 Å². The fourth-order valence-electron chi connectivity index (χ4n) is 2.72. The van der Waals surface area contributed by atoms with Gasteiger partial charge in [0.15, 0.2) is 0 Å². The number of anilines is 2. The molecule has 0 aromatic heterocycles. The van der Waals surface area contributed by atoms with Crippen LogP contribution in [0.4, 0.5) is 11.4 Å². The SMILES string of the molecule is CCOC(=O)c1ccc(NC(=O)c2cccc(N(C)S(C)(=O)=O)c2C)c(C)c1. The fraction of sp³-hybridized carbons (Fsp3) is 0.300. The molecule has 0 fully saturated rings. The van der Waals surface area contributed by atoms with Crippen molar-refractivity contribution < 1.29 is 22.7 Å². The minimum atomic E-state index is -3.45. The topological polar surface area (TPSA) is 92.8 Å². The van der Waals surface area contributed by atoms with E-state index in [0.29, 0.717) is 33.6 Å². The summed E-state index contributed by atoms with van der Waals surface area (Å²) in [5.74, 6) is -0.788. The van der Waals surface area contributed by atoms with Crippen LogP contribution in [-0.2, 0) is 14.8 Å². The molecule has 8 heteroatoms. The summed E-state index contributed by atoms with van der Waals surface area (Å²) in [7, 11) is -2.00. The van der Waals surface area contributed by atoms with Crippen LogP contribution in [0.3, 0.4) is 0 Å². The van der Waals surface area contributed by atoms with E-state index in [0.717, 1.165) is 10.6 Å². The second kappa shape index (κ2) is 8.43. The Kier molecular flexibility index (Phi) is 6.45. The van der Waals surface area contributed by atoms with Crippen molar-refractivity contribution in [2.45, 2.75) is 20.8 Å². The number of rotatable bonds is 6. The predicted octanol–water partition coefficient (Wildman–Crippen LogP) is 3.13. The van der Waals surface area contributed by atoms with Gasteiger partial charge in [0, 0.05) is 18.3 Å². The average Bonchev–Trinajstić information content (AvgIpc) is 2.62. The van der Waals surface area contributed by atoms with Crippen molar-refractivity contribution in [3.63, 3.8) is 0 Å². The highest BCUT2D eigenvalue weighted by Gasteiger charge is 2.19. The molecule has 0 aliphatic carbocycles. The zero-order valence-electron chi connectivity index (χ0n) is 16.6. The van der Waals surface area contributed by atoms with Crippen LogP contribution in [0.5, 0.6) is 0 Å². The quantitative estimate of drug-likeness (QED) is 0.747. The average molecular weight is 404 g/mol. The third-order valence-electron chi connectivity index (χ3n) is 4.37. The Bertz CT molecular complexity index is 1020. The van der Waals surface area contributed by atoms with Crippen molar-refractivity contribution in [3.8, 4) is 0 Å². The molecule has 150 valence electrons. The first-order valence-corrected chi connectivity index (χ1v) is 10.5. The summed E-state index contributed by atoms with van der Waals surface area (Å²) >= 11 is 0. The molecule has 2 aromatic rings. The van der Waals surface area contributed by atoms with Crippen molar-refractivity contribution in [3.05, 3.63) is 58.7 Å². The number of esters is 1. The molecule has 28 heavy (non-hydrogen) atoms. The fourth-order valence-corrected chi connectivity index (χ4v) is 3.28. The Labute approximate surface area is 165 Å². The number of nitrogens with one attached hydrogen (secondary N) is 1. The molecule has 0 aliphatic rings. The monoisotopic (exact) mass is 404 g/mol. The summed E-state index contributed by atoms with van der Waals surface area (Å²) in [6.45, 7) is 5.49. The maximum absolute atomic E-state index is 12.8. The van der Waals surface area contributed by atoms with Crippen LogP contribution in [0.2, 0.25) is 0 Å². The summed E-state index contributed by atoms with van der Waals surface area (Å²) < 4.78 is 29.8. The van der Waals surface area contributed by atoms with Gasteiger partial charge in [-0.3, -0.25) is 9.10 Å². The Morgan fingerprint density at radius 3 is 2.39 bits per heavy atom. The Morgan fingerprint density at radius 1 is 1.14 bits per heavy atom. The van der Waals surface area contributed by atoms with Crippen molar-refractivity contribution in [1.82, 2.24) is 0 Å². The van der Waals surface area contributed by atoms with Gasteiger partial charge >= 0.3 is 5.97 Å². The molecule has 0 atom stereocenters. The highest BCUT2D eigenvalue weighted by Crippen LogP contribution is 2.25. The van der Waals surface area contributed by atoms with Crippen LogP contribution in [0.15, 0.2) is 36.4 Å². The molecule has 0 radical (unpaired) electrons. The summed E-state index contributed by atoms with van der Waals surface area (Å²) in [4.78, 5) is 24.6. The van der Waals surface area contributed by atoms with Gasteiger partial charge in [0.25, 0.3) is 5.91 Å². The normalized spacial score (nSPS) is 11.0. The molecule has 0 spiro atoms. The number of sulfonamides is 1. The second-order valence-electron chi connectivity index (χ2n) is 6.38. The first-order chi connectivity index (χ1) is 13.1. The Balaban J connectivity index is 2.30. The molecular formula is C20H24N2O5S. The van der Waals surface area contributed by atoms with Crippen molar-refractivity contribution in [2.75, 3.05) is 29.5 Å². The standard InChI is InChI=1S/C20H24N2O5S/c1-6-27-20(24)15-10-11-17(13(2)12-15)21-19(23)16-8-7-9-18(14(16)3)22(4)28(5,25)26/h7-12H,6H2,1-5H3,(H,21,23). The van der Waals surface area contributed by atoms with E-state index >= 15 is 0 Å². The van der Waals surface area contributed by atoms with Gasteiger partial charge in [-0.05, 0) is 62.2 Å². The highest BCUT2D eigenvalue weighted by molar-refractivity contribution is 7.92. The number of ether oxygens (including phenoxy) is 1. The number of nitrogens with zero attached hydrogens (tertiary/aromatic N) is 1. The highest BCUT2D eigenvalue weighted by atomic mass is 32.2. The van der Waals surface area contributed by atoms with E-state index in [1.54, 1.807) is 57.2 Å². The first-order valence-electron chi connectivity index (χ1n) is 8.69. The number of benzene rings is 2. The van der Waals surface area contributed by atoms with Crippen LogP contribution in [0.1, 0.15) is 38.8 Å². The summed E-state index contributed by atoms with van der Waals surface area (Å²) in [5, 5.41) is 2.81. The summed E-state index contributed by atoms with van der Waals surface area (Å²) in [6.07, 6.45) is 1.10.